The van der Waals surface area contributed by atoms with Crippen molar-refractivity contribution in [1.82, 2.24) is 14.9 Å². The molecular weight excluding hydrogens is 282 g/mol. The third-order valence-corrected chi connectivity index (χ3v) is 4.75. The lowest BCUT2D eigenvalue weighted by atomic mass is 9.94. The molecule has 21 heavy (non-hydrogen) atoms. The molecule has 1 amide bonds. The highest BCUT2D eigenvalue weighted by atomic mass is 32.1. The van der Waals surface area contributed by atoms with Gasteiger partial charge in [0.05, 0.1) is 17.8 Å². The van der Waals surface area contributed by atoms with Crippen LogP contribution in [0.1, 0.15) is 35.0 Å². The van der Waals surface area contributed by atoms with Gasteiger partial charge >= 0.3 is 0 Å². The third kappa shape index (κ3) is 3.47. The highest BCUT2D eigenvalue weighted by Crippen LogP contribution is 2.26. The van der Waals surface area contributed by atoms with Crippen LogP contribution in [-0.4, -0.2) is 33.9 Å². The average molecular weight is 301 g/mol. The maximum absolute atomic E-state index is 12.4. The zero-order chi connectivity index (χ0) is 14.7. The van der Waals surface area contributed by atoms with Crippen LogP contribution in [0.25, 0.3) is 0 Å². The van der Waals surface area contributed by atoms with Gasteiger partial charge in [-0.2, -0.15) is 0 Å². The van der Waals surface area contributed by atoms with Gasteiger partial charge in [-0.15, -0.1) is 11.3 Å². The average Bonchev–Trinajstić information content (AvgIpc) is 3.00. The van der Waals surface area contributed by atoms with E-state index >= 15 is 0 Å². The SMILES string of the molecule is Cc1cncc(C2CCCN(C(=O)Cc3cccs3)C2)n1. The fourth-order valence-corrected chi connectivity index (χ4v) is 3.49. The minimum atomic E-state index is 0.225. The molecule has 110 valence electrons. The molecule has 1 atom stereocenters. The van der Waals surface area contributed by atoms with E-state index in [-0.39, 0.29) is 5.91 Å². The first kappa shape index (κ1) is 14.2. The minimum Gasteiger partial charge on any atom is -0.342 e. The lowest BCUT2D eigenvalue weighted by molar-refractivity contribution is -0.131. The summed E-state index contributed by atoms with van der Waals surface area (Å²) in [7, 11) is 0. The minimum absolute atomic E-state index is 0.225. The summed E-state index contributed by atoms with van der Waals surface area (Å²) in [5.41, 5.74) is 1.96. The van der Waals surface area contributed by atoms with E-state index in [9.17, 15) is 4.79 Å². The summed E-state index contributed by atoms with van der Waals surface area (Å²) >= 11 is 1.64. The number of hydrogen-bond donors (Lipinski definition) is 0. The van der Waals surface area contributed by atoms with Crippen molar-refractivity contribution in [3.05, 3.63) is 46.2 Å². The van der Waals surface area contributed by atoms with Crippen molar-refractivity contribution >= 4 is 17.2 Å². The van der Waals surface area contributed by atoms with Gasteiger partial charge in [0.15, 0.2) is 0 Å². The highest BCUT2D eigenvalue weighted by molar-refractivity contribution is 7.10. The molecule has 5 heteroatoms. The van der Waals surface area contributed by atoms with Crippen LogP contribution < -0.4 is 0 Å². The van der Waals surface area contributed by atoms with Crippen LogP contribution in [-0.2, 0) is 11.2 Å². The molecule has 4 nitrogen and oxygen atoms in total. The number of carbonyl (C=O) groups is 1. The van der Waals surface area contributed by atoms with Gasteiger partial charge in [0, 0.05) is 36.3 Å². The third-order valence-electron chi connectivity index (χ3n) is 3.87. The first-order valence-corrected chi connectivity index (χ1v) is 8.19. The van der Waals surface area contributed by atoms with Crippen LogP contribution in [0.2, 0.25) is 0 Å². The summed E-state index contributed by atoms with van der Waals surface area (Å²) in [6, 6.07) is 4.02. The topological polar surface area (TPSA) is 46.1 Å². The van der Waals surface area contributed by atoms with Crippen molar-refractivity contribution in [1.29, 1.82) is 0 Å². The first-order valence-electron chi connectivity index (χ1n) is 7.31. The van der Waals surface area contributed by atoms with Gasteiger partial charge in [-0.3, -0.25) is 14.8 Å². The Morgan fingerprint density at radius 3 is 3.14 bits per heavy atom. The zero-order valence-corrected chi connectivity index (χ0v) is 13.0. The molecule has 0 spiro atoms. The predicted octanol–water partition coefficient (Wildman–Crippen LogP) is 2.80. The maximum atomic E-state index is 12.4. The van der Waals surface area contributed by atoms with Crippen molar-refractivity contribution < 1.29 is 4.79 Å². The summed E-state index contributed by atoms with van der Waals surface area (Å²) in [6.45, 7) is 3.58. The maximum Gasteiger partial charge on any atom is 0.227 e. The van der Waals surface area contributed by atoms with Gasteiger partial charge in [0.2, 0.25) is 5.91 Å². The lowest BCUT2D eigenvalue weighted by Crippen LogP contribution is -2.40. The van der Waals surface area contributed by atoms with E-state index < -0.39 is 0 Å². The normalized spacial score (nSPS) is 18.7. The highest BCUT2D eigenvalue weighted by Gasteiger charge is 2.25. The van der Waals surface area contributed by atoms with Crippen LogP contribution in [0.15, 0.2) is 29.9 Å². The Hall–Kier alpha value is -1.75. The van der Waals surface area contributed by atoms with E-state index in [4.69, 9.17) is 0 Å². The number of rotatable bonds is 3. The van der Waals surface area contributed by atoms with Crippen LogP contribution in [0.5, 0.6) is 0 Å². The van der Waals surface area contributed by atoms with Crippen molar-refractivity contribution in [3.63, 3.8) is 0 Å². The fourth-order valence-electron chi connectivity index (χ4n) is 2.80. The largest absolute Gasteiger partial charge is 0.342 e. The number of aryl methyl sites for hydroxylation is 1. The second-order valence-corrected chi connectivity index (χ2v) is 6.55. The number of hydrogen-bond acceptors (Lipinski definition) is 4. The number of amides is 1. The molecule has 0 aliphatic carbocycles. The molecule has 0 N–H and O–H groups in total. The molecule has 2 aromatic heterocycles. The Labute approximate surface area is 128 Å². The van der Waals surface area contributed by atoms with E-state index in [2.05, 4.69) is 9.97 Å². The quantitative estimate of drug-likeness (QED) is 0.876. The Morgan fingerprint density at radius 2 is 2.38 bits per heavy atom. The second-order valence-electron chi connectivity index (χ2n) is 5.52. The van der Waals surface area contributed by atoms with Gasteiger partial charge in [0.1, 0.15) is 0 Å². The monoisotopic (exact) mass is 301 g/mol. The van der Waals surface area contributed by atoms with E-state index in [1.54, 1.807) is 17.5 Å². The number of likely N-dealkylation sites (tertiary alicyclic amines) is 1. The molecule has 0 saturated carbocycles. The Balaban J connectivity index is 1.66. The summed E-state index contributed by atoms with van der Waals surface area (Å²) < 4.78 is 0. The molecule has 3 rings (SSSR count). The van der Waals surface area contributed by atoms with Crippen molar-refractivity contribution in [2.24, 2.45) is 0 Å². The molecule has 1 aliphatic heterocycles. The van der Waals surface area contributed by atoms with E-state index in [1.807, 2.05) is 35.5 Å². The summed E-state index contributed by atoms with van der Waals surface area (Å²) in [4.78, 5) is 24.3. The van der Waals surface area contributed by atoms with E-state index in [1.165, 1.54) is 0 Å². The summed E-state index contributed by atoms with van der Waals surface area (Å²) in [5.74, 6) is 0.543. The number of piperidine rings is 1. The zero-order valence-electron chi connectivity index (χ0n) is 12.2. The number of nitrogens with zero attached hydrogens (tertiary/aromatic N) is 3. The molecule has 2 aromatic rings. The number of carbonyl (C=O) groups excluding carboxylic acids is 1. The second kappa shape index (κ2) is 6.35. The van der Waals surface area contributed by atoms with Crippen LogP contribution in [0, 0.1) is 6.92 Å². The Bertz CT molecular complexity index is 612. The standard InChI is InChI=1S/C16H19N3OS/c1-12-9-17-10-15(18-12)13-4-2-6-19(11-13)16(20)8-14-5-3-7-21-14/h3,5,7,9-10,13H,2,4,6,8,11H2,1H3. The van der Waals surface area contributed by atoms with Gasteiger partial charge in [-0.05, 0) is 31.2 Å². The number of aromatic nitrogens is 2. The van der Waals surface area contributed by atoms with Crippen LogP contribution in [0.3, 0.4) is 0 Å². The van der Waals surface area contributed by atoms with Gasteiger partial charge in [-0.25, -0.2) is 0 Å². The predicted molar refractivity (Wildman–Crippen MR) is 83.3 cm³/mol. The number of thiophene rings is 1. The Morgan fingerprint density at radius 1 is 1.48 bits per heavy atom. The molecular formula is C16H19N3OS. The summed E-state index contributed by atoms with van der Waals surface area (Å²) in [6.07, 6.45) is 6.25. The molecule has 0 bridgehead atoms. The molecule has 0 aromatic carbocycles. The van der Waals surface area contributed by atoms with Crippen LogP contribution >= 0.6 is 11.3 Å². The molecule has 3 heterocycles. The Kier molecular flexibility index (Phi) is 4.29. The first-order chi connectivity index (χ1) is 10.2. The molecule has 1 saturated heterocycles. The summed E-state index contributed by atoms with van der Waals surface area (Å²) in [5, 5.41) is 2.02. The van der Waals surface area contributed by atoms with Crippen molar-refractivity contribution in [2.75, 3.05) is 13.1 Å². The van der Waals surface area contributed by atoms with Crippen molar-refractivity contribution in [2.45, 2.75) is 32.1 Å². The van der Waals surface area contributed by atoms with Gasteiger partial charge < -0.3 is 4.90 Å². The molecule has 0 radical (unpaired) electrons. The molecule has 1 fully saturated rings. The van der Waals surface area contributed by atoms with E-state index in [0.717, 1.165) is 42.2 Å². The smallest absolute Gasteiger partial charge is 0.227 e. The molecule has 1 aliphatic rings. The van der Waals surface area contributed by atoms with Gasteiger partial charge in [-0.1, -0.05) is 6.07 Å². The lowest BCUT2D eigenvalue weighted by Gasteiger charge is -2.32. The van der Waals surface area contributed by atoms with Crippen LogP contribution in [0.4, 0.5) is 0 Å². The van der Waals surface area contributed by atoms with Crippen molar-refractivity contribution in [3.8, 4) is 0 Å². The van der Waals surface area contributed by atoms with Gasteiger partial charge in [0.25, 0.3) is 0 Å². The van der Waals surface area contributed by atoms with E-state index in [0.29, 0.717) is 12.3 Å². The molecule has 1 unspecified atom stereocenters. The fraction of sp³-hybridized carbons (Fsp3) is 0.438.